The van der Waals surface area contributed by atoms with Crippen molar-refractivity contribution >= 4 is 21.4 Å². The molecule has 0 aliphatic heterocycles. The first-order valence-electron chi connectivity index (χ1n) is 8.19. The smallest absolute Gasteiger partial charge is 0.240 e. The van der Waals surface area contributed by atoms with Gasteiger partial charge in [0.05, 0.1) is 11.5 Å². The lowest BCUT2D eigenvalue weighted by Gasteiger charge is -2.11. The Hall–Kier alpha value is -2.22. The van der Waals surface area contributed by atoms with Gasteiger partial charge in [-0.2, -0.15) is 11.3 Å². The second-order valence-corrected chi connectivity index (χ2v) is 8.33. The molecule has 3 aromatic rings. The van der Waals surface area contributed by atoms with Crippen LogP contribution >= 0.6 is 11.3 Å². The van der Waals surface area contributed by atoms with E-state index in [1.807, 2.05) is 36.7 Å². The summed E-state index contributed by atoms with van der Waals surface area (Å²) in [6.45, 7) is 4.44. The molecule has 0 atom stereocenters. The highest BCUT2D eigenvalue weighted by Crippen LogP contribution is 2.23. The fourth-order valence-electron chi connectivity index (χ4n) is 2.54. The highest BCUT2D eigenvalue weighted by atomic mass is 32.2. The number of nitrogens with one attached hydrogen (secondary N) is 1. The van der Waals surface area contributed by atoms with Crippen LogP contribution in [-0.2, 0) is 16.6 Å². The Balaban J connectivity index is 1.74. The summed E-state index contributed by atoms with van der Waals surface area (Å²) in [6.07, 6.45) is 3.44. The first-order valence-corrected chi connectivity index (χ1v) is 10.6. The fraction of sp³-hybridized carbons (Fsp3) is 0.211. The van der Waals surface area contributed by atoms with Crippen molar-refractivity contribution < 1.29 is 13.2 Å². The Morgan fingerprint density at radius 1 is 1.15 bits per heavy atom. The van der Waals surface area contributed by atoms with Crippen molar-refractivity contribution in [3.63, 3.8) is 0 Å². The minimum absolute atomic E-state index is 0.180. The topological polar surface area (TPSA) is 68.3 Å². The maximum atomic E-state index is 12.6. The van der Waals surface area contributed by atoms with Gasteiger partial charge in [0.15, 0.2) is 0 Å². The Morgan fingerprint density at radius 2 is 2.00 bits per heavy atom. The van der Waals surface area contributed by atoms with Crippen LogP contribution in [0.2, 0.25) is 0 Å². The van der Waals surface area contributed by atoms with Crippen LogP contribution in [0.15, 0.2) is 58.4 Å². The molecule has 2 aromatic heterocycles. The molecule has 7 heteroatoms. The molecule has 3 rings (SSSR count). The zero-order valence-electron chi connectivity index (χ0n) is 14.6. The first kappa shape index (κ1) is 18.6. The molecule has 0 radical (unpaired) electrons. The molecule has 1 N–H and O–H groups in total. The van der Waals surface area contributed by atoms with Crippen LogP contribution < -0.4 is 9.46 Å². The van der Waals surface area contributed by atoms with E-state index in [1.54, 1.807) is 41.9 Å². The van der Waals surface area contributed by atoms with Gasteiger partial charge in [-0.15, -0.1) is 0 Å². The lowest BCUT2D eigenvalue weighted by atomic mass is 10.1. The number of ether oxygens (including phenoxy) is 1. The zero-order chi connectivity index (χ0) is 18.6. The second kappa shape index (κ2) is 7.99. The monoisotopic (exact) mass is 388 g/mol. The molecule has 136 valence electrons. The third kappa shape index (κ3) is 4.30. The zero-order valence-corrected chi connectivity index (χ0v) is 16.2. The van der Waals surface area contributed by atoms with Crippen LogP contribution in [0.5, 0.6) is 5.75 Å². The Morgan fingerprint density at radius 3 is 2.69 bits per heavy atom. The van der Waals surface area contributed by atoms with E-state index in [1.165, 1.54) is 0 Å². The Labute approximate surface area is 157 Å². The molecule has 0 saturated heterocycles. The quantitative estimate of drug-likeness (QED) is 0.664. The van der Waals surface area contributed by atoms with Gasteiger partial charge in [-0.3, -0.25) is 4.98 Å². The molecule has 5 nitrogen and oxygen atoms in total. The van der Waals surface area contributed by atoms with Crippen LogP contribution in [0.3, 0.4) is 0 Å². The molecule has 0 saturated carbocycles. The normalized spacial score (nSPS) is 11.5. The summed E-state index contributed by atoms with van der Waals surface area (Å²) >= 11 is 1.61. The second-order valence-electron chi connectivity index (χ2n) is 5.78. The minimum Gasteiger partial charge on any atom is -0.494 e. The predicted molar refractivity (Wildman–Crippen MR) is 104 cm³/mol. The molecule has 0 spiro atoms. The molecule has 0 aliphatic carbocycles. The molecule has 0 amide bonds. The number of hydrogen-bond acceptors (Lipinski definition) is 5. The molecular formula is C19H20N2O3S2. The van der Waals surface area contributed by atoms with Crippen LogP contribution in [0.4, 0.5) is 0 Å². The number of nitrogens with zero attached hydrogens (tertiary/aromatic N) is 1. The summed E-state index contributed by atoms with van der Waals surface area (Å²) in [5.41, 5.74) is 3.64. The molecule has 0 aliphatic rings. The van der Waals surface area contributed by atoms with E-state index in [4.69, 9.17) is 4.74 Å². The number of sulfonamides is 1. The first-order chi connectivity index (χ1) is 12.5. The van der Waals surface area contributed by atoms with Gasteiger partial charge >= 0.3 is 0 Å². The van der Waals surface area contributed by atoms with Crippen molar-refractivity contribution in [2.45, 2.75) is 25.3 Å². The van der Waals surface area contributed by atoms with Crippen LogP contribution in [0, 0.1) is 6.92 Å². The Bertz CT molecular complexity index is 984. The molecule has 2 heterocycles. The van der Waals surface area contributed by atoms with E-state index in [2.05, 4.69) is 9.71 Å². The van der Waals surface area contributed by atoms with E-state index >= 15 is 0 Å². The molecule has 0 unspecified atom stereocenters. The van der Waals surface area contributed by atoms with E-state index in [9.17, 15) is 8.42 Å². The number of pyridine rings is 1. The maximum Gasteiger partial charge on any atom is 0.240 e. The number of thiophene rings is 1. The molecule has 0 bridgehead atoms. The van der Waals surface area contributed by atoms with E-state index in [0.717, 1.165) is 22.3 Å². The summed E-state index contributed by atoms with van der Waals surface area (Å²) < 4.78 is 33.2. The Kier molecular flexibility index (Phi) is 5.70. The summed E-state index contributed by atoms with van der Waals surface area (Å²) in [4.78, 5) is 4.44. The third-order valence-corrected chi connectivity index (χ3v) is 5.95. The van der Waals surface area contributed by atoms with E-state index in [-0.39, 0.29) is 11.4 Å². The van der Waals surface area contributed by atoms with Crippen LogP contribution in [-0.4, -0.2) is 20.0 Å². The summed E-state index contributed by atoms with van der Waals surface area (Å²) in [7, 11) is -3.61. The summed E-state index contributed by atoms with van der Waals surface area (Å²) in [5, 5.41) is 4.03. The standard InChI is InChI=1S/C19H20N2O3S2/c1-3-24-19-5-4-18(8-14(19)2)26(22,23)21-11-15-9-17(12-20-10-15)16-6-7-25-13-16/h4-10,12-13,21H,3,11H2,1-2H3. The fourth-order valence-corrected chi connectivity index (χ4v) is 4.31. The van der Waals surface area contributed by atoms with Gasteiger partial charge in [0.25, 0.3) is 0 Å². The molecule has 26 heavy (non-hydrogen) atoms. The van der Waals surface area contributed by atoms with E-state index < -0.39 is 10.0 Å². The number of aromatic nitrogens is 1. The SMILES string of the molecule is CCOc1ccc(S(=O)(=O)NCc2cncc(-c3ccsc3)c2)cc1C. The summed E-state index contributed by atoms with van der Waals surface area (Å²) in [5.74, 6) is 0.694. The van der Waals surface area contributed by atoms with Crippen molar-refractivity contribution in [2.75, 3.05) is 6.61 Å². The largest absolute Gasteiger partial charge is 0.494 e. The van der Waals surface area contributed by atoms with Crippen LogP contribution in [0.1, 0.15) is 18.1 Å². The molecular weight excluding hydrogens is 368 g/mol. The lowest BCUT2D eigenvalue weighted by Crippen LogP contribution is -2.23. The predicted octanol–water partition coefficient (Wildman–Crippen LogP) is 4.00. The molecule has 1 aromatic carbocycles. The average Bonchev–Trinajstić information content (AvgIpc) is 3.17. The van der Waals surface area contributed by atoms with Gasteiger partial charge in [-0.1, -0.05) is 0 Å². The van der Waals surface area contributed by atoms with Gasteiger partial charge < -0.3 is 4.74 Å². The van der Waals surface area contributed by atoms with E-state index in [0.29, 0.717) is 12.4 Å². The van der Waals surface area contributed by atoms with Gasteiger partial charge in [0.2, 0.25) is 10.0 Å². The highest BCUT2D eigenvalue weighted by Gasteiger charge is 2.15. The van der Waals surface area contributed by atoms with Gasteiger partial charge in [-0.25, -0.2) is 13.1 Å². The number of aryl methyl sites for hydroxylation is 1. The van der Waals surface area contributed by atoms with Gasteiger partial charge in [0, 0.05) is 24.5 Å². The van der Waals surface area contributed by atoms with Crippen molar-refractivity contribution in [1.82, 2.24) is 9.71 Å². The number of benzene rings is 1. The average molecular weight is 389 g/mol. The van der Waals surface area contributed by atoms with Crippen molar-refractivity contribution in [2.24, 2.45) is 0 Å². The van der Waals surface area contributed by atoms with Crippen molar-refractivity contribution in [3.8, 4) is 16.9 Å². The number of hydrogen-bond donors (Lipinski definition) is 1. The number of rotatable bonds is 7. The molecule has 0 fully saturated rings. The van der Waals surface area contributed by atoms with Gasteiger partial charge in [-0.05, 0) is 71.6 Å². The van der Waals surface area contributed by atoms with Crippen LogP contribution in [0.25, 0.3) is 11.1 Å². The highest BCUT2D eigenvalue weighted by molar-refractivity contribution is 7.89. The third-order valence-electron chi connectivity index (χ3n) is 3.87. The maximum absolute atomic E-state index is 12.6. The van der Waals surface area contributed by atoms with Crippen molar-refractivity contribution in [1.29, 1.82) is 0 Å². The summed E-state index contributed by atoms with van der Waals surface area (Å²) in [6, 6.07) is 8.82. The van der Waals surface area contributed by atoms with Crippen molar-refractivity contribution in [3.05, 3.63) is 64.6 Å². The minimum atomic E-state index is -3.61. The van der Waals surface area contributed by atoms with Gasteiger partial charge in [0.1, 0.15) is 5.75 Å². The lowest BCUT2D eigenvalue weighted by molar-refractivity contribution is 0.337.